The van der Waals surface area contributed by atoms with Crippen LogP contribution in [0.5, 0.6) is 0 Å². The number of nitriles is 1. The highest BCUT2D eigenvalue weighted by atomic mass is 16.6. The predicted octanol–water partition coefficient (Wildman–Crippen LogP) is 2.78. The largest absolute Gasteiger partial charge is 0.444 e. The van der Waals surface area contributed by atoms with E-state index >= 15 is 0 Å². The molecule has 98 valence electrons. The molecule has 0 unspecified atom stereocenters. The van der Waals surface area contributed by atoms with E-state index in [1.165, 1.54) is 0 Å². The predicted molar refractivity (Wildman–Crippen MR) is 70.7 cm³/mol. The number of H-pyrrole nitrogens is 1. The second kappa shape index (κ2) is 4.61. The van der Waals surface area contributed by atoms with Crippen molar-refractivity contribution in [3.8, 4) is 6.07 Å². The van der Waals surface area contributed by atoms with Crippen molar-refractivity contribution in [1.29, 1.82) is 5.26 Å². The van der Waals surface area contributed by atoms with E-state index in [9.17, 15) is 4.79 Å². The van der Waals surface area contributed by atoms with Crippen molar-refractivity contribution in [2.45, 2.75) is 26.4 Å². The first kappa shape index (κ1) is 12.9. The number of nitrogens with zero attached hydrogens (tertiary/aromatic N) is 2. The van der Waals surface area contributed by atoms with E-state index in [-0.39, 0.29) is 5.95 Å². The summed E-state index contributed by atoms with van der Waals surface area (Å²) in [5.41, 5.74) is 1.08. The van der Waals surface area contributed by atoms with Crippen LogP contribution < -0.4 is 5.32 Å². The number of carbonyl (C=O) groups excluding carboxylic acids is 1. The Kier molecular flexibility index (Phi) is 3.13. The highest BCUT2D eigenvalue weighted by Gasteiger charge is 2.17. The van der Waals surface area contributed by atoms with Gasteiger partial charge < -0.3 is 9.72 Å². The van der Waals surface area contributed by atoms with Gasteiger partial charge in [0.25, 0.3) is 0 Å². The number of aromatic amines is 1. The second-order valence-corrected chi connectivity index (χ2v) is 5.03. The van der Waals surface area contributed by atoms with Crippen LogP contribution in [0.4, 0.5) is 10.7 Å². The van der Waals surface area contributed by atoms with Crippen molar-refractivity contribution < 1.29 is 9.53 Å². The van der Waals surface area contributed by atoms with Gasteiger partial charge in [-0.1, -0.05) is 6.07 Å². The van der Waals surface area contributed by atoms with Gasteiger partial charge in [-0.2, -0.15) is 5.26 Å². The number of benzene rings is 1. The van der Waals surface area contributed by atoms with Gasteiger partial charge in [-0.3, -0.25) is 5.32 Å². The maximum atomic E-state index is 11.6. The first-order valence-corrected chi connectivity index (χ1v) is 5.78. The number of carbonyl (C=O) groups is 1. The molecule has 6 nitrogen and oxygen atoms in total. The zero-order chi connectivity index (χ0) is 14.0. The normalized spacial score (nSPS) is 11.1. The molecule has 0 saturated heterocycles. The number of fused-ring (bicyclic) bond motifs is 1. The lowest BCUT2D eigenvalue weighted by molar-refractivity contribution is 0.0635. The molecular weight excluding hydrogens is 244 g/mol. The Balaban J connectivity index is 2.23. The maximum absolute atomic E-state index is 11.6. The Bertz CT molecular complexity index is 661. The van der Waals surface area contributed by atoms with Crippen LogP contribution >= 0.6 is 0 Å². The van der Waals surface area contributed by atoms with Crippen LogP contribution in [0.3, 0.4) is 0 Å². The van der Waals surface area contributed by atoms with Crippen molar-refractivity contribution in [2.75, 3.05) is 5.32 Å². The van der Waals surface area contributed by atoms with Gasteiger partial charge >= 0.3 is 6.09 Å². The number of amides is 1. The minimum Gasteiger partial charge on any atom is -0.444 e. The van der Waals surface area contributed by atoms with Crippen LogP contribution in [0.2, 0.25) is 0 Å². The van der Waals surface area contributed by atoms with E-state index < -0.39 is 11.7 Å². The molecule has 0 radical (unpaired) electrons. The Morgan fingerprint density at radius 3 is 2.84 bits per heavy atom. The topological polar surface area (TPSA) is 90.8 Å². The minimum atomic E-state index is -0.593. The highest BCUT2D eigenvalue weighted by Crippen LogP contribution is 2.18. The SMILES string of the molecule is CC(C)(C)OC(=O)Nc1nc2c(C#N)cccc2[nH]1. The first-order valence-electron chi connectivity index (χ1n) is 5.78. The number of aromatic nitrogens is 2. The lowest BCUT2D eigenvalue weighted by atomic mass is 10.2. The molecule has 0 atom stereocenters. The number of ether oxygens (including phenoxy) is 1. The van der Waals surface area contributed by atoms with E-state index in [0.29, 0.717) is 16.6 Å². The number of imidazole rings is 1. The van der Waals surface area contributed by atoms with Crippen LogP contribution in [-0.4, -0.2) is 21.7 Å². The molecule has 1 amide bonds. The summed E-state index contributed by atoms with van der Waals surface area (Å²) >= 11 is 0. The van der Waals surface area contributed by atoms with Gasteiger partial charge in [0.2, 0.25) is 5.95 Å². The molecule has 1 heterocycles. The maximum Gasteiger partial charge on any atom is 0.414 e. The molecule has 0 fully saturated rings. The van der Waals surface area contributed by atoms with Gasteiger partial charge in [0.1, 0.15) is 17.2 Å². The number of para-hydroxylation sites is 1. The lowest BCUT2D eigenvalue weighted by Gasteiger charge is -2.18. The van der Waals surface area contributed by atoms with Crippen LogP contribution in [0.15, 0.2) is 18.2 Å². The summed E-state index contributed by atoms with van der Waals surface area (Å²) in [4.78, 5) is 18.7. The van der Waals surface area contributed by atoms with Crippen LogP contribution in [-0.2, 0) is 4.74 Å². The van der Waals surface area contributed by atoms with Crippen LogP contribution in [0.1, 0.15) is 26.3 Å². The molecule has 2 N–H and O–H groups in total. The van der Waals surface area contributed by atoms with Crippen LogP contribution in [0, 0.1) is 11.3 Å². The summed E-state index contributed by atoms with van der Waals surface area (Å²) in [6.45, 7) is 5.33. The van der Waals surface area contributed by atoms with E-state index in [1.807, 2.05) is 6.07 Å². The lowest BCUT2D eigenvalue weighted by Crippen LogP contribution is -2.27. The summed E-state index contributed by atoms with van der Waals surface area (Å²) in [5.74, 6) is 0.256. The van der Waals surface area contributed by atoms with Gasteiger partial charge in [-0.15, -0.1) is 0 Å². The molecule has 1 aromatic heterocycles. The average Bonchev–Trinajstić information content (AvgIpc) is 2.67. The van der Waals surface area contributed by atoms with Crippen molar-refractivity contribution in [1.82, 2.24) is 9.97 Å². The van der Waals surface area contributed by atoms with Crippen LogP contribution in [0.25, 0.3) is 11.0 Å². The summed E-state index contributed by atoms with van der Waals surface area (Å²) in [7, 11) is 0. The van der Waals surface area contributed by atoms with E-state index in [1.54, 1.807) is 39.0 Å². The average molecular weight is 258 g/mol. The molecule has 19 heavy (non-hydrogen) atoms. The Morgan fingerprint density at radius 2 is 2.21 bits per heavy atom. The standard InChI is InChI=1S/C13H14N4O2/c1-13(2,3)19-12(18)17-11-15-9-6-4-5-8(7-14)10(9)16-11/h4-6H,1-3H3,(H2,15,16,17,18). The Morgan fingerprint density at radius 1 is 1.47 bits per heavy atom. The smallest absolute Gasteiger partial charge is 0.414 e. The quantitative estimate of drug-likeness (QED) is 0.822. The van der Waals surface area contributed by atoms with Crippen molar-refractivity contribution in [3.63, 3.8) is 0 Å². The van der Waals surface area contributed by atoms with Gasteiger partial charge in [0.15, 0.2) is 0 Å². The zero-order valence-corrected chi connectivity index (χ0v) is 10.9. The van der Waals surface area contributed by atoms with Gasteiger partial charge in [-0.25, -0.2) is 9.78 Å². The second-order valence-electron chi connectivity index (χ2n) is 5.03. The van der Waals surface area contributed by atoms with E-state index in [0.717, 1.165) is 0 Å². The van der Waals surface area contributed by atoms with Crippen molar-refractivity contribution in [2.24, 2.45) is 0 Å². The highest BCUT2D eigenvalue weighted by molar-refractivity contribution is 5.88. The van der Waals surface area contributed by atoms with Crippen molar-refractivity contribution in [3.05, 3.63) is 23.8 Å². The fraction of sp³-hybridized carbons (Fsp3) is 0.308. The zero-order valence-electron chi connectivity index (χ0n) is 10.9. The van der Waals surface area contributed by atoms with E-state index in [4.69, 9.17) is 10.00 Å². The first-order chi connectivity index (χ1) is 8.89. The molecule has 0 bridgehead atoms. The third kappa shape index (κ3) is 3.01. The number of anilines is 1. The van der Waals surface area contributed by atoms with Gasteiger partial charge in [0, 0.05) is 0 Å². The summed E-state index contributed by atoms with van der Waals surface area (Å²) in [6, 6.07) is 7.24. The molecular formula is C13H14N4O2. The van der Waals surface area contributed by atoms with Crippen molar-refractivity contribution >= 4 is 23.1 Å². The number of nitrogens with one attached hydrogen (secondary N) is 2. The number of rotatable bonds is 1. The fourth-order valence-electron chi connectivity index (χ4n) is 1.58. The van der Waals surface area contributed by atoms with Gasteiger partial charge in [-0.05, 0) is 32.9 Å². The molecule has 0 aliphatic heterocycles. The molecule has 0 aliphatic rings. The molecule has 1 aromatic carbocycles. The summed E-state index contributed by atoms with van der Waals surface area (Å²) in [5, 5.41) is 11.5. The summed E-state index contributed by atoms with van der Waals surface area (Å²) < 4.78 is 5.12. The molecule has 2 aromatic rings. The molecule has 6 heteroatoms. The van der Waals surface area contributed by atoms with Gasteiger partial charge in [0.05, 0.1) is 11.1 Å². The summed E-state index contributed by atoms with van der Waals surface area (Å²) in [6.07, 6.45) is -0.593. The molecule has 0 aliphatic carbocycles. The molecule has 0 spiro atoms. The molecule has 2 rings (SSSR count). The number of hydrogen-bond donors (Lipinski definition) is 2. The Hall–Kier alpha value is -2.55. The fourth-order valence-corrected chi connectivity index (χ4v) is 1.58. The number of hydrogen-bond acceptors (Lipinski definition) is 4. The Labute approximate surface area is 110 Å². The molecule has 0 saturated carbocycles. The van der Waals surface area contributed by atoms with E-state index in [2.05, 4.69) is 15.3 Å². The monoisotopic (exact) mass is 258 g/mol. The minimum absolute atomic E-state index is 0.256. The third-order valence-corrected chi connectivity index (χ3v) is 2.25. The third-order valence-electron chi connectivity index (χ3n) is 2.25.